The van der Waals surface area contributed by atoms with Crippen LogP contribution in [0.1, 0.15) is 24.2 Å². The normalized spacial score (nSPS) is 17.7. The molecule has 1 aliphatic rings. The fourth-order valence-electron chi connectivity index (χ4n) is 3.59. The van der Waals surface area contributed by atoms with Crippen LogP contribution in [0.3, 0.4) is 0 Å². The number of hydrogen-bond acceptors (Lipinski definition) is 5. The van der Waals surface area contributed by atoms with Gasteiger partial charge in [-0.2, -0.15) is 0 Å². The Morgan fingerprint density at radius 1 is 1.10 bits per heavy atom. The predicted molar refractivity (Wildman–Crippen MR) is 118 cm³/mol. The molecule has 2 aromatic carbocycles. The third-order valence-corrected chi connectivity index (χ3v) is 5.28. The van der Waals surface area contributed by atoms with E-state index < -0.39 is 17.7 Å². The van der Waals surface area contributed by atoms with Crippen molar-refractivity contribution >= 4 is 34.7 Å². The molecule has 1 saturated heterocycles. The number of Topliss-reactive ketones (excluding diaryl/α,β-unsaturated/α-hetero) is 1. The van der Waals surface area contributed by atoms with Crippen molar-refractivity contribution in [1.82, 2.24) is 4.98 Å². The zero-order valence-corrected chi connectivity index (χ0v) is 17.4. The van der Waals surface area contributed by atoms with Gasteiger partial charge in [-0.1, -0.05) is 35.9 Å². The summed E-state index contributed by atoms with van der Waals surface area (Å²) >= 11 is 6.33. The molecule has 0 spiro atoms. The minimum Gasteiger partial charge on any atom is -0.507 e. The van der Waals surface area contributed by atoms with Gasteiger partial charge in [-0.3, -0.25) is 19.5 Å². The van der Waals surface area contributed by atoms with E-state index in [4.69, 9.17) is 16.3 Å². The molecule has 6 nitrogen and oxygen atoms in total. The summed E-state index contributed by atoms with van der Waals surface area (Å²) < 4.78 is 5.50. The molecule has 156 valence electrons. The van der Waals surface area contributed by atoms with E-state index in [1.54, 1.807) is 66.9 Å². The standard InChI is InChI=1S/C24H19ClN2O4/c1-2-31-16-11-12-18(25)17(14-16)22(28)20-21(19-10-6-7-13-26-19)27(24(30)23(20)29)15-8-4-3-5-9-15/h3-14,21,28H,2H2,1H3/b22-20+. The summed E-state index contributed by atoms with van der Waals surface area (Å²) in [7, 11) is 0. The van der Waals surface area contributed by atoms with Gasteiger partial charge in [-0.25, -0.2) is 0 Å². The average molecular weight is 435 g/mol. The fraction of sp³-hybridized carbons (Fsp3) is 0.125. The molecule has 1 aliphatic heterocycles. The molecule has 0 radical (unpaired) electrons. The monoisotopic (exact) mass is 434 g/mol. The van der Waals surface area contributed by atoms with Crippen molar-refractivity contribution < 1.29 is 19.4 Å². The molecule has 31 heavy (non-hydrogen) atoms. The van der Waals surface area contributed by atoms with E-state index in [0.717, 1.165) is 0 Å². The number of carbonyl (C=O) groups is 2. The van der Waals surface area contributed by atoms with E-state index in [2.05, 4.69) is 4.98 Å². The molecule has 1 fully saturated rings. The number of pyridine rings is 1. The van der Waals surface area contributed by atoms with Gasteiger partial charge in [0, 0.05) is 17.4 Å². The quantitative estimate of drug-likeness (QED) is 0.356. The van der Waals surface area contributed by atoms with Gasteiger partial charge in [-0.15, -0.1) is 0 Å². The summed E-state index contributed by atoms with van der Waals surface area (Å²) in [6.07, 6.45) is 1.57. The van der Waals surface area contributed by atoms with Crippen molar-refractivity contribution in [3.8, 4) is 5.75 Å². The number of aliphatic hydroxyl groups excluding tert-OH is 1. The van der Waals surface area contributed by atoms with Gasteiger partial charge in [0.25, 0.3) is 11.7 Å². The Kier molecular flexibility index (Phi) is 5.73. The second-order valence-corrected chi connectivity index (χ2v) is 7.24. The van der Waals surface area contributed by atoms with Gasteiger partial charge in [0.15, 0.2) is 0 Å². The van der Waals surface area contributed by atoms with Crippen molar-refractivity contribution in [2.45, 2.75) is 13.0 Å². The van der Waals surface area contributed by atoms with E-state index in [0.29, 0.717) is 23.7 Å². The number of aromatic nitrogens is 1. The summed E-state index contributed by atoms with van der Waals surface area (Å²) in [6.45, 7) is 2.26. The lowest BCUT2D eigenvalue weighted by molar-refractivity contribution is -0.132. The molecule has 2 heterocycles. The van der Waals surface area contributed by atoms with E-state index in [-0.39, 0.29) is 21.9 Å². The highest BCUT2D eigenvalue weighted by Crippen LogP contribution is 2.42. The van der Waals surface area contributed by atoms with Gasteiger partial charge < -0.3 is 9.84 Å². The van der Waals surface area contributed by atoms with Crippen LogP contribution >= 0.6 is 11.6 Å². The van der Waals surface area contributed by atoms with Crippen molar-refractivity contribution in [3.05, 3.63) is 94.8 Å². The van der Waals surface area contributed by atoms with E-state index in [1.807, 2.05) is 13.0 Å². The number of para-hydroxylation sites is 1. The van der Waals surface area contributed by atoms with Crippen molar-refractivity contribution in [2.24, 2.45) is 0 Å². The van der Waals surface area contributed by atoms with Gasteiger partial charge in [0.05, 0.1) is 22.9 Å². The average Bonchev–Trinajstić information content (AvgIpc) is 3.06. The lowest BCUT2D eigenvalue weighted by Crippen LogP contribution is -2.29. The van der Waals surface area contributed by atoms with Crippen LogP contribution in [0.4, 0.5) is 5.69 Å². The molecule has 3 aromatic rings. The van der Waals surface area contributed by atoms with E-state index in [1.165, 1.54) is 4.90 Å². The lowest BCUT2D eigenvalue weighted by atomic mass is 9.98. The van der Waals surface area contributed by atoms with Crippen molar-refractivity contribution in [3.63, 3.8) is 0 Å². The number of carbonyl (C=O) groups excluding carboxylic acids is 2. The number of anilines is 1. The highest BCUT2D eigenvalue weighted by molar-refractivity contribution is 6.52. The van der Waals surface area contributed by atoms with Crippen molar-refractivity contribution in [2.75, 3.05) is 11.5 Å². The predicted octanol–water partition coefficient (Wildman–Crippen LogP) is 4.76. The van der Waals surface area contributed by atoms with Gasteiger partial charge >= 0.3 is 0 Å². The molecule has 0 bridgehead atoms. The summed E-state index contributed by atoms with van der Waals surface area (Å²) in [5.74, 6) is -1.45. The number of ether oxygens (including phenoxy) is 1. The maximum Gasteiger partial charge on any atom is 0.300 e. The molecule has 4 rings (SSSR count). The van der Waals surface area contributed by atoms with Crippen LogP contribution in [0.2, 0.25) is 5.02 Å². The van der Waals surface area contributed by atoms with E-state index >= 15 is 0 Å². The first kappa shape index (κ1) is 20.6. The molecule has 1 aromatic heterocycles. The summed E-state index contributed by atoms with van der Waals surface area (Å²) in [5, 5.41) is 11.4. The van der Waals surface area contributed by atoms with Gasteiger partial charge in [-0.05, 0) is 49.4 Å². The summed E-state index contributed by atoms with van der Waals surface area (Å²) in [4.78, 5) is 31.8. The smallest absolute Gasteiger partial charge is 0.300 e. The first-order valence-electron chi connectivity index (χ1n) is 9.72. The minimum absolute atomic E-state index is 0.0805. The fourth-order valence-corrected chi connectivity index (χ4v) is 3.80. The molecule has 0 aliphatic carbocycles. The third kappa shape index (κ3) is 3.78. The van der Waals surface area contributed by atoms with Crippen LogP contribution in [0.25, 0.3) is 5.76 Å². The number of benzene rings is 2. The molecular formula is C24H19ClN2O4. The Morgan fingerprint density at radius 3 is 2.52 bits per heavy atom. The number of aliphatic hydroxyl groups is 1. The largest absolute Gasteiger partial charge is 0.507 e. The van der Waals surface area contributed by atoms with Crippen LogP contribution in [0.15, 0.2) is 78.5 Å². The topological polar surface area (TPSA) is 79.7 Å². The zero-order chi connectivity index (χ0) is 22.0. The van der Waals surface area contributed by atoms with Crippen LogP contribution in [-0.2, 0) is 9.59 Å². The van der Waals surface area contributed by atoms with Gasteiger partial charge in [0.2, 0.25) is 0 Å². The first-order chi connectivity index (χ1) is 15.0. The Labute approximate surface area is 184 Å². The number of rotatable bonds is 5. The maximum atomic E-state index is 13.1. The number of amides is 1. The van der Waals surface area contributed by atoms with Crippen LogP contribution in [-0.4, -0.2) is 28.4 Å². The molecule has 0 saturated carbocycles. The molecule has 1 N–H and O–H groups in total. The first-order valence-corrected chi connectivity index (χ1v) is 10.1. The molecule has 1 amide bonds. The number of halogens is 1. The number of nitrogens with zero attached hydrogens (tertiary/aromatic N) is 2. The van der Waals surface area contributed by atoms with Crippen LogP contribution in [0, 0.1) is 0 Å². The van der Waals surface area contributed by atoms with Crippen molar-refractivity contribution in [1.29, 1.82) is 0 Å². The zero-order valence-electron chi connectivity index (χ0n) is 16.7. The van der Waals surface area contributed by atoms with Crippen LogP contribution < -0.4 is 9.64 Å². The molecular weight excluding hydrogens is 416 g/mol. The summed E-state index contributed by atoms with van der Waals surface area (Å²) in [6, 6.07) is 17.9. The SMILES string of the molecule is CCOc1ccc(Cl)c(/C(O)=C2\C(=O)C(=O)N(c3ccccc3)C2c2ccccn2)c1. The lowest BCUT2D eigenvalue weighted by Gasteiger charge is -2.24. The molecule has 7 heteroatoms. The Balaban J connectivity index is 1.94. The highest BCUT2D eigenvalue weighted by Gasteiger charge is 2.47. The second kappa shape index (κ2) is 8.62. The van der Waals surface area contributed by atoms with E-state index in [9.17, 15) is 14.7 Å². The molecule has 1 unspecified atom stereocenters. The Hall–Kier alpha value is -3.64. The minimum atomic E-state index is -0.907. The second-order valence-electron chi connectivity index (χ2n) is 6.83. The third-order valence-electron chi connectivity index (χ3n) is 4.95. The summed E-state index contributed by atoms with van der Waals surface area (Å²) in [5.41, 5.74) is 1.10. The maximum absolute atomic E-state index is 13.1. The number of ketones is 1. The van der Waals surface area contributed by atoms with Crippen LogP contribution in [0.5, 0.6) is 5.75 Å². The number of hydrogen-bond donors (Lipinski definition) is 1. The Morgan fingerprint density at radius 2 is 1.84 bits per heavy atom. The Bertz CT molecular complexity index is 1160. The molecule has 1 atom stereocenters. The van der Waals surface area contributed by atoms with Gasteiger partial charge in [0.1, 0.15) is 17.6 Å². The highest BCUT2D eigenvalue weighted by atomic mass is 35.5.